The van der Waals surface area contributed by atoms with Gasteiger partial charge < -0.3 is 5.32 Å². The van der Waals surface area contributed by atoms with Crippen molar-refractivity contribution in [3.05, 3.63) is 106 Å². The Labute approximate surface area is 202 Å². The molecule has 33 heavy (non-hydrogen) atoms. The zero-order valence-electron chi connectivity index (χ0n) is 17.8. The first-order valence-corrected chi connectivity index (χ1v) is 11.3. The molecule has 0 fully saturated rings. The van der Waals surface area contributed by atoms with E-state index in [2.05, 4.69) is 27.4 Å². The molecule has 0 aliphatic carbocycles. The Balaban J connectivity index is 1.43. The first-order valence-electron chi connectivity index (χ1n) is 10.5. The third-order valence-electron chi connectivity index (χ3n) is 5.40. The minimum atomic E-state index is -0.258. The van der Waals surface area contributed by atoms with Gasteiger partial charge in [0, 0.05) is 47.7 Å². The van der Waals surface area contributed by atoms with Gasteiger partial charge in [-0.25, -0.2) is 9.37 Å². The smallest absolute Gasteiger partial charge is 0.255 e. The lowest BCUT2D eigenvalue weighted by Crippen LogP contribution is -2.28. The molecule has 2 heterocycles. The van der Waals surface area contributed by atoms with E-state index >= 15 is 0 Å². The first-order chi connectivity index (χ1) is 16.0. The number of carbonyl (C=O) groups is 1. The Bertz CT molecular complexity index is 1210. The molecule has 4 rings (SSSR count). The lowest BCUT2D eigenvalue weighted by molar-refractivity contribution is 0.102. The molecule has 4 nitrogen and oxygen atoms in total. The summed E-state index contributed by atoms with van der Waals surface area (Å²) in [6, 6.07) is 15.0. The van der Waals surface area contributed by atoms with Crippen LogP contribution in [0, 0.1) is 5.82 Å². The Morgan fingerprint density at radius 3 is 2.67 bits per heavy atom. The van der Waals surface area contributed by atoms with E-state index in [4.69, 9.17) is 23.2 Å². The monoisotopic (exact) mass is 481 g/mol. The predicted octanol–water partition coefficient (Wildman–Crippen LogP) is 6.58. The second-order valence-corrected chi connectivity index (χ2v) is 8.53. The van der Waals surface area contributed by atoms with E-state index in [-0.39, 0.29) is 16.9 Å². The molecule has 1 N–H and O–H groups in total. The number of nitrogens with zero attached hydrogens (tertiary/aromatic N) is 2. The van der Waals surface area contributed by atoms with Crippen LogP contribution in [0.25, 0.3) is 11.6 Å². The molecule has 168 valence electrons. The number of carbonyl (C=O) groups excluding carboxylic acids is 1. The van der Waals surface area contributed by atoms with Gasteiger partial charge in [-0.1, -0.05) is 53.6 Å². The van der Waals surface area contributed by atoms with E-state index in [0.717, 1.165) is 42.8 Å². The Morgan fingerprint density at radius 1 is 1.12 bits per heavy atom. The number of amides is 1. The topological polar surface area (TPSA) is 45.2 Å². The Morgan fingerprint density at radius 2 is 1.94 bits per heavy atom. The summed E-state index contributed by atoms with van der Waals surface area (Å²) in [6.07, 6.45) is 8.57. The lowest BCUT2D eigenvalue weighted by Gasteiger charge is -2.26. The molecule has 7 heteroatoms. The summed E-state index contributed by atoms with van der Waals surface area (Å²) >= 11 is 12.2. The standard InChI is InChI=1S/C26H22Cl2FN3O/c27-21-5-8-24(31-26(33)20-9-12-30-25(28)16-20)23(17-21)19-10-14-32(15-11-19)13-1-2-18-3-6-22(29)7-4-18/h1-10,12,16-17H,11,13-15H2,(H,31,33). The zero-order chi connectivity index (χ0) is 23.2. The summed E-state index contributed by atoms with van der Waals surface area (Å²) in [5, 5.41) is 3.85. The van der Waals surface area contributed by atoms with Crippen LogP contribution in [-0.2, 0) is 0 Å². The number of hydrogen-bond acceptors (Lipinski definition) is 3. The highest BCUT2D eigenvalue weighted by Crippen LogP contribution is 2.31. The van der Waals surface area contributed by atoms with Gasteiger partial charge in [0.25, 0.3) is 5.91 Å². The van der Waals surface area contributed by atoms with E-state index in [1.54, 1.807) is 24.3 Å². The average Bonchev–Trinajstić information content (AvgIpc) is 2.82. The molecule has 2 aromatic carbocycles. The normalized spacial score (nSPS) is 14.3. The van der Waals surface area contributed by atoms with Crippen LogP contribution in [0.3, 0.4) is 0 Å². The van der Waals surface area contributed by atoms with Crippen molar-refractivity contribution in [1.82, 2.24) is 9.88 Å². The van der Waals surface area contributed by atoms with Crippen molar-refractivity contribution in [2.24, 2.45) is 0 Å². The summed E-state index contributed by atoms with van der Waals surface area (Å²) in [5.41, 5.74) is 4.16. The molecule has 0 radical (unpaired) electrons. The number of pyridine rings is 1. The van der Waals surface area contributed by atoms with Crippen LogP contribution in [0.5, 0.6) is 0 Å². The van der Waals surface area contributed by atoms with E-state index in [1.807, 2.05) is 18.2 Å². The molecule has 0 bridgehead atoms. The fraction of sp³-hybridized carbons (Fsp3) is 0.154. The molecule has 1 aromatic heterocycles. The fourth-order valence-electron chi connectivity index (χ4n) is 3.66. The fourth-order valence-corrected chi connectivity index (χ4v) is 4.01. The van der Waals surface area contributed by atoms with Crippen molar-refractivity contribution in [3.8, 4) is 0 Å². The number of halogens is 3. The van der Waals surface area contributed by atoms with Gasteiger partial charge in [0.15, 0.2) is 0 Å². The van der Waals surface area contributed by atoms with Gasteiger partial charge in [-0.15, -0.1) is 0 Å². The summed E-state index contributed by atoms with van der Waals surface area (Å²) in [6.45, 7) is 2.45. The molecule has 1 aliphatic rings. The third kappa shape index (κ3) is 6.29. The van der Waals surface area contributed by atoms with Crippen molar-refractivity contribution in [2.75, 3.05) is 25.0 Å². The lowest BCUT2D eigenvalue weighted by atomic mass is 9.97. The van der Waals surface area contributed by atoms with Gasteiger partial charge in [0.2, 0.25) is 0 Å². The molecular formula is C26H22Cl2FN3O. The van der Waals surface area contributed by atoms with Gasteiger partial charge in [-0.3, -0.25) is 9.69 Å². The summed E-state index contributed by atoms with van der Waals surface area (Å²) in [4.78, 5) is 18.9. The first kappa shape index (κ1) is 23.2. The quantitative estimate of drug-likeness (QED) is 0.404. The summed E-state index contributed by atoms with van der Waals surface area (Å²) < 4.78 is 13.0. The number of rotatable bonds is 6. The minimum Gasteiger partial charge on any atom is -0.321 e. The van der Waals surface area contributed by atoms with Crippen LogP contribution in [0.15, 0.2) is 72.9 Å². The molecular weight excluding hydrogens is 460 g/mol. The predicted molar refractivity (Wildman–Crippen MR) is 133 cm³/mol. The number of anilines is 1. The molecule has 0 saturated heterocycles. The van der Waals surface area contributed by atoms with Crippen molar-refractivity contribution in [2.45, 2.75) is 6.42 Å². The third-order valence-corrected chi connectivity index (χ3v) is 5.84. The Hall–Kier alpha value is -2.99. The molecule has 1 aliphatic heterocycles. The van der Waals surface area contributed by atoms with E-state index < -0.39 is 0 Å². The highest BCUT2D eigenvalue weighted by atomic mass is 35.5. The van der Waals surface area contributed by atoms with Crippen LogP contribution < -0.4 is 5.32 Å². The maximum Gasteiger partial charge on any atom is 0.255 e. The van der Waals surface area contributed by atoms with Crippen molar-refractivity contribution in [3.63, 3.8) is 0 Å². The molecule has 1 amide bonds. The van der Waals surface area contributed by atoms with Gasteiger partial charge in [-0.2, -0.15) is 0 Å². The molecule has 3 aromatic rings. The molecule has 0 atom stereocenters. The van der Waals surface area contributed by atoms with Gasteiger partial charge in [-0.05, 0) is 60.0 Å². The highest BCUT2D eigenvalue weighted by Gasteiger charge is 2.17. The highest BCUT2D eigenvalue weighted by molar-refractivity contribution is 6.31. The minimum absolute atomic E-state index is 0.234. The zero-order valence-corrected chi connectivity index (χ0v) is 19.3. The van der Waals surface area contributed by atoms with Crippen LogP contribution >= 0.6 is 23.2 Å². The van der Waals surface area contributed by atoms with Crippen molar-refractivity contribution >= 4 is 46.4 Å². The maximum absolute atomic E-state index is 13.0. The van der Waals surface area contributed by atoms with Crippen molar-refractivity contribution < 1.29 is 9.18 Å². The number of hydrogen-bond donors (Lipinski definition) is 1. The van der Waals surface area contributed by atoms with Gasteiger partial charge in [0.1, 0.15) is 11.0 Å². The van der Waals surface area contributed by atoms with Crippen LogP contribution in [0.4, 0.5) is 10.1 Å². The van der Waals surface area contributed by atoms with E-state index in [1.165, 1.54) is 24.4 Å². The maximum atomic E-state index is 13.0. The van der Waals surface area contributed by atoms with Crippen molar-refractivity contribution in [1.29, 1.82) is 0 Å². The SMILES string of the molecule is O=C(Nc1ccc(Cl)cc1C1=CCN(CC=Cc2ccc(F)cc2)CC1)c1ccnc(Cl)c1. The molecule has 0 spiro atoms. The number of benzene rings is 2. The van der Waals surface area contributed by atoms with E-state index in [9.17, 15) is 9.18 Å². The summed E-state index contributed by atoms with van der Waals surface area (Å²) in [5.74, 6) is -0.492. The average molecular weight is 482 g/mol. The summed E-state index contributed by atoms with van der Waals surface area (Å²) in [7, 11) is 0. The Kier molecular flexibility index (Phi) is 7.55. The van der Waals surface area contributed by atoms with Crippen LogP contribution in [0.2, 0.25) is 10.2 Å². The molecule has 0 unspecified atom stereocenters. The van der Waals surface area contributed by atoms with Crippen LogP contribution in [-0.4, -0.2) is 35.4 Å². The molecule has 0 saturated carbocycles. The van der Waals surface area contributed by atoms with Crippen LogP contribution in [0.1, 0.15) is 27.9 Å². The number of aromatic nitrogens is 1. The largest absolute Gasteiger partial charge is 0.321 e. The van der Waals surface area contributed by atoms with Gasteiger partial charge in [0.05, 0.1) is 0 Å². The second-order valence-electron chi connectivity index (χ2n) is 7.70. The second kappa shape index (κ2) is 10.8. The number of nitrogens with one attached hydrogen (secondary N) is 1. The van der Waals surface area contributed by atoms with E-state index in [0.29, 0.717) is 16.3 Å². The van der Waals surface area contributed by atoms with Gasteiger partial charge >= 0.3 is 0 Å².